The minimum atomic E-state index is -0.444. The standard InChI is InChI=1S/C21H13ClO4S/c1-12-9-14(25-21(24)18-7-4-8-27-18)11-16-19(12)20(23)17(26-16)10-13-5-2-3-6-15(13)22/h2-11H,1H3/b17-10-. The quantitative estimate of drug-likeness (QED) is 0.331. The molecule has 0 fully saturated rings. The van der Waals surface area contributed by atoms with Crippen molar-refractivity contribution in [3.8, 4) is 11.5 Å². The largest absolute Gasteiger partial charge is 0.452 e. The molecule has 0 atom stereocenters. The third-order valence-electron chi connectivity index (χ3n) is 4.07. The van der Waals surface area contributed by atoms with Gasteiger partial charge in [0.15, 0.2) is 5.76 Å². The Morgan fingerprint density at radius 2 is 2.00 bits per heavy atom. The molecule has 0 amide bonds. The van der Waals surface area contributed by atoms with Gasteiger partial charge < -0.3 is 9.47 Å². The van der Waals surface area contributed by atoms with Gasteiger partial charge in [-0.2, -0.15) is 0 Å². The number of fused-ring (bicyclic) bond motifs is 1. The van der Waals surface area contributed by atoms with Crippen molar-refractivity contribution in [1.29, 1.82) is 0 Å². The fraction of sp³-hybridized carbons (Fsp3) is 0.0476. The van der Waals surface area contributed by atoms with Gasteiger partial charge in [0.1, 0.15) is 16.4 Å². The summed E-state index contributed by atoms with van der Waals surface area (Å²) in [5.41, 5.74) is 1.83. The van der Waals surface area contributed by atoms with Gasteiger partial charge in [0.2, 0.25) is 5.78 Å². The molecule has 0 saturated heterocycles. The van der Waals surface area contributed by atoms with E-state index in [2.05, 4.69) is 0 Å². The highest BCUT2D eigenvalue weighted by Crippen LogP contribution is 2.38. The summed E-state index contributed by atoms with van der Waals surface area (Å²) in [4.78, 5) is 25.4. The van der Waals surface area contributed by atoms with Crippen LogP contribution in [-0.2, 0) is 0 Å². The first kappa shape index (κ1) is 17.5. The van der Waals surface area contributed by atoms with E-state index in [0.717, 1.165) is 0 Å². The van der Waals surface area contributed by atoms with Crippen LogP contribution in [0.2, 0.25) is 5.02 Å². The van der Waals surface area contributed by atoms with E-state index in [1.807, 2.05) is 12.1 Å². The zero-order valence-corrected chi connectivity index (χ0v) is 15.8. The molecule has 2 heterocycles. The molecule has 1 aliphatic rings. The summed E-state index contributed by atoms with van der Waals surface area (Å²) in [7, 11) is 0. The number of carbonyl (C=O) groups is 2. The molecule has 1 aromatic heterocycles. The molecule has 2 aromatic carbocycles. The van der Waals surface area contributed by atoms with Crippen molar-refractivity contribution in [2.75, 3.05) is 0 Å². The van der Waals surface area contributed by atoms with Crippen LogP contribution in [0.1, 0.15) is 31.2 Å². The van der Waals surface area contributed by atoms with Crippen LogP contribution in [0.4, 0.5) is 0 Å². The third kappa shape index (κ3) is 3.39. The molecule has 0 bridgehead atoms. The molecule has 0 unspecified atom stereocenters. The SMILES string of the molecule is Cc1cc(OC(=O)c2cccs2)cc2c1C(=O)/C(=C/c1ccccc1Cl)O2. The molecule has 27 heavy (non-hydrogen) atoms. The molecule has 3 aromatic rings. The lowest BCUT2D eigenvalue weighted by Crippen LogP contribution is -2.06. The number of allylic oxidation sites excluding steroid dienone is 1. The molecule has 0 aliphatic carbocycles. The second kappa shape index (κ2) is 7.02. The number of halogens is 1. The molecule has 0 spiro atoms. The predicted molar refractivity (Wildman–Crippen MR) is 105 cm³/mol. The van der Waals surface area contributed by atoms with Crippen LogP contribution in [0.15, 0.2) is 59.7 Å². The normalized spacial score (nSPS) is 14.1. The number of rotatable bonds is 3. The predicted octanol–water partition coefficient (Wildman–Crippen LogP) is 5.55. The highest BCUT2D eigenvalue weighted by molar-refractivity contribution is 7.12. The Hall–Kier alpha value is -2.89. The lowest BCUT2D eigenvalue weighted by Gasteiger charge is -2.06. The molecule has 134 valence electrons. The van der Waals surface area contributed by atoms with E-state index in [4.69, 9.17) is 21.1 Å². The maximum atomic E-state index is 12.7. The number of ether oxygens (including phenoxy) is 2. The molecule has 4 nitrogen and oxygen atoms in total. The van der Waals surface area contributed by atoms with Crippen molar-refractivity contribution in [2.45, 2.75) is 6.92 Å². The van der Waals surface area contributed by atoms with Crippen molar-refractivity contribution in [1.82, 2.24) is 0 Å². The number of hydrogen-bond acceptors (Lipinski definition) is 5. The van der Waals surface area contributed by atoms with Crippen LogP contribution >= 0.6 is 22.9 Å². The second-order valence-electron chi connectivity index (χ2n) is 5.94. The van der Waals surface area contributed by atoms with Gasteiger partial charge in [-0.3, -0.25) is 4.79 Å². The maximum Gasteiger partial charge on any atom is 0.353 e. The average molecular weight is 397 g/mol. The fourth-order valence-corrected chi connectivity index (χ4v) is 3.61. The minimum Gasteiger partial charge on any atom is -0.452 e. The smallest absolute Gasteiger partial charge is 0.353 e. The Balaban J connectivity index is 1.64. The first-order chi connectivity index (χ1) is 13.0. The van der Waals surface area contributed by atoms with Crippen LogP contribution < -0.4 is 9.47 Å². The lowest BCUT2D eigenvalue weighted by atomic mass is 10.0. The third-order valence-corrected chi connectivity index (χ3v) is 5.26. The Kier molecular flexibility index (Phi) is 4.56. The maximum absolute atomic E-state index is 12.7. The molecule has 0 saturated carbocycles. The van der Waals surface area contributed by atoms with E-state index in [1.165, 1.54) is 11.3 Å². The molecular formula is C21H13ClO4S. The Labute approximate surface area is 164 Å². The summed E-state index contributed by atoms with van der Waals surface area (Å²) < 4.78 is 11.1. The van der Waals surface area contributed by atoms with Gasteiger partial charge in [-0.05, 0) is 47.7 Å². The molecule has 4 rings (SSSR count). The zero-order valence-electron chi connectivity index (χ0n) is 14.2. The number of hydrogen-bond donors (Lipinski definition) is 0. The van der Waals surface area contributed by atoms with E-state index in [1.54, 1.807) is 54.8 Å². The monoisotopic (exact) mass is 396 g/mol. The molecule has 0 radical (unpaired) electrons. The van der Waals surface area contributed by atoms with Crippen LogP contribution in [-0.4, -0.2) is 11.8 Å². The zero-order chi connectivity index (χ0) is 19.0. The Morgan fingerprint density at radius 1 is 1.19 bits per heavy atom. The molecular weight excluding hydrogens is 384 g/mol. The van der Waals surface area contributed by atoms with Gasteiger partial charge in [-0.15, -0.1) is 11.3 Å². The number of thiophene rings is 1. The Morgan fingerprint density at radius 3 is 2.74 bits per heavy atom. The molecule has 6 heteroatoms. The van der Waals surface area contributed by atoms with Crippen LogP contribution in [0.3, 0.4) is 0 Å². The number of benzene rings is 2. The topological polar surface area (TPSA) is 52.6 Å². The number of carbonyl (C=O) groups excluding carboxylic acids is 2. The highest BCUT2D eigenvalue weighted by Gasteiger charge is 2.30. The summed E-state index contributed by atoms with van der Waals surface area (Å²) in [6.45, 7) is 1.78. The van der Waals surface area contributed by atoms with Gasteiger partial charge in [0.05, 0.1) is 5.56 Å². The van der Waals surface area contributed by atoms with E-state index in [0.29, 0.717) is 38.1 Å². The summed E-state index contributed by atoms with van der Waals surface area (Å²) in [6, 6.07) is 13.9. The Bertz CT molecular complexity index is 1080. The number of ketones is 1. The summed E-state index contributed by atoms with van der Waals surface area (Å²) >= 11 is 7.46. The summed E-state index contributed by atoms with van der Waals surface area (Å²) in [6.07, 6.45) is 1.61. The van der Waals surface area contributed by atoms with Crippen LogP contribution in [0, 0.1) is 6.92 Å². The number of Topliss-reactive ketones (excluding diaryl/α,β-unsaturated/α-hetero) is 1. The lowest BCUT2D eigenvalue weighted by molar-refractivity contribution is 0.0739. The van der Waals surface area contributed by atoms with E-state index in [-0.39, 0.29) is 11.5 Å². The second-order valence-corrected chi connectivity index (χ2v) is 7.30. The molecule has 0 N–H and O–H groups in total. The highest BCUT2D eigenvalue weighted by atomic mass is 35.5. The van der Waals surface area contributed by atoms with E-state index in [9.17, 15) is 9.59 Å². The van der Waals surface area contributed by atoms with Crippen molar-refractivity contribution in [3.63, 3.8) is 0 Å². The van der Waals surface area contributed by atoms with Crippen molar-refractivity contribution in [3.05, 3.63) is 86.3 Å². The minimum absolute atomic E-state index is 0.183. The summed E-state index contributed by atoms with van der Waals surface area (Å²) in [5, 5.41) is 2.33. The van der Waals surface area contributed by atoms with E-state index < -0.39 is 5.97 Å². The van der Waals surface area contributed by atoms with E-state index >= 15 is 0 Å². The van der Waals surface area contributed by atoms with Crippen molar-refractivity contribution in [2.24, 2.45) is 0 Å². The molecule has 1 aliphatic heterocycles. The van der Waals surface area contributed by atoms with Crippen molar-refractivity contribution < 1.29 is 19.1 Å². The van der Waals surface area contributed by atoms with Gasteiger partial charge in [0, 0.05) is 11.1 Å². The van der Waals surface area contributed by atoms with Gasteiger partial charge in [-0.1, -0.05) is 35.9 Å². The van der Waals surface area contributed by atoms with Crippen molar-refractivity contribution >= 4 is 40.8 Å². The van der Waals surface area contributed by atoms with Gasteiger partial charge in [0.25, 0.3) is 0 Å². The average Bonchev–Trinajstić information content (AvgIpc) is 3.26. The van der Waals surface area contributed by atoms with Gasteiger partial charge in [-0.25, -0.2) is 4.79 Å². The van der Waals surface area contributed by atoms with Gasteiger partial charge >= 0.3 is 5.97 Å². The van der Waals surface area contributed by atoms with Crippen LogP contribution in [0.5, 0.6) is 11.5 Å². The first-order valence-electron chi connectivity index (χ1n) is 8.12. The fourth-order valence-electron chi connectivity index (χ4n) is 2.82. The van der Waals surface area contributed by atoms with Crippen LogP contribution in [0.25, 0.3) is 6.08 Å². The number of aryl methyl sites for hydroxylation is 1. The summed E-state index contributed by atoms with van der Waals surface area (Å²) in [5.74, 6) is 0.214. The first-order valence-corrected chi connectivity index (χ1v) is 9.38. The number of esters is 1.